The third-order valence-electron chi connectivity index (χ3n) is 4.81. The molecule has 0 saturated carbocycles. The maximum Gasteiger partial charge on any atom is 0.0488 e. The number of hydrogen-bond acceptors (Lipinski definition) is 2. The van der Waals surface area contributed by atoms with Gasteiger partial charge in [0.15, 0.2) is 0 Å². The van der Waals surface area contributed by atoms with Crippen molar-refractivity contribution in [2.24, 2.45) is 0 Å². The molecule has 0 amide bonds. The number of allylic oxidation sites excluding steroid dienone is 1. The van der Waals surface area contributed by atoms with E-state index in [1.54, 1.807) is 0 Å². The number of fused-ring (bicyclic) bond motifs is 2. The molecule has 3 aromatic rings. The van der Waals surface area contributed by atoms with Gasteiger partial charge in [-0.3, -0.25) is 0 Å². The van der Waals surface area contributed by atoms with Crippen LogP contribution in [0, 0.1) is 6.92 Å². The molecule has 4 rings (SSSR count). The van der Waals surface area contributed by atoms with Gasteiger partial charge in [-0.1, -0.05) is 25.1 Å². The van der Waals surface area contributed by atoms with E-state index in [1.165, 1.54) is 43.7 Å². The number of anilines is 1. The van der Waals surface area contributed by atoms with E-state index in [0.29, 0.717) is 0 Å². The molecule has 1 aliphatic rings. The van der Waals surface area contributed by atoms with Gasteiger partial charge < -0.3 is 4.90 Å². The molecule has 0 spiro atoms. The van der Waals surface area contributed by atoms with Crippen LogP contribution in [0.4, 0.5) is 5.69 Å². The van der Waals surface area contributed by atoms with Gasteiger partial charge in [-0.2, -0.15) is 0 Å². The molecule has 0 fully saturated rings. The lowest BCUT2D eigenvalue weighted by molar-refractivity contribution is 1.04. The lowest BCUT2D eigenvalue weighted by atomic mass is 10.0. The van der Waals surface area contributed by atoms with Crippen LogP contribution in [0.1, 0.15) is 36.1 Å². The highest BCUT2D eigenvalue weighted by molar-refractivity contribution is 7.17. The standard InChI is InChI=1S/C21H21NS/c1-4-15-6-7-16-12-22(20(5-2)19(16)10-15)17-8-9-21-18(11-17)14(3)13-23-21/h5-11,13H,4,12H2,1-3H3/b20-5+. The minimum atomic E-state index is 0.966. The van der Waals surface area contributed by atoms with Crippen LogP contribution in [-0.2, 0) is 13.0 Å². The van der Waals surface area contributed by atoms with E-state index in [0.717, 1.165) is 13.0 Å². The van der Waals surface area contributed by atoms with Crippen LogP contribution in [0.25, 0.3) is 15.8 Å². The lowest BCUT2D eigenvalue weighted by Crippen LogP contribution is -2.13. The van der Waals surface area contributed by atoms with Crippen molar-refractivity contribution in [3.05, 3.63) is 70.1 Å². The predicted molar refractivity (Wildman–Crippen MR) is 102 cm³/mol. The summed E-state index contributed by atoms with van der Waals surface area (Å²) in [6.07, 6.45) is 3.33. The molecule has 1 aromatic heterocycles. The summed E-state index contributed by atoms with van der Waals surface area (Å²) in [5.74, 6) is 0. The van der Waals surface area contributed by atoms with Crippen LogP contribution in [0.3, 0.4) is 0 Å². The molecule has 0 unspecified atom stereocenters. The Bertz CT molecular complexity index is 917. The van der Waals surface area contributed by atoms with Crippen LogP contribution in [-0.4, -0.2) is 0 Å². The van der Waals surface area contributed by atoms with Crippen LogP contribution >= 0.6 is 11.3 Å². The fraction of sp³-hybridized carbons (Fsp3) is 0.238. The van der Waals surface area contributed by atoms with Gasteiger partial charge in [0.2, 0.25) is 0 Å². The van der Waals surface area contributed by atoms with Gasteiger partial charge in [-0.05, 0) is 72.0 Å². The Hall–Kier alpha value is -2.06. The fourth-order valence-electron chi connectivity index (χ4n) is 3.47. The molecule has 0 atom stereocenters. The van der Waals surface area contributed by atoms with E-state index in [1.807, 2.05) is 11.3 Å². The zero-order valence-corrected chi connectivity index (χ0v) is 14.7. The first-order valence-corrected chi connectivity index (χ1v) is 9.13. The summed E-state index contributed by atoms with van der Waals surface area (Å²) in [6, 6.07) is 13.8. The molecular weight excluding hydrogens is 298 g/mol. The van der Waals surface area contributed by atoms with Gasteiger partial charge >= 0.3 is 0 Å². The number of benzene rings is 2. The van der Waals surface area contributed by atoms with Gasteiger partial charge in [-0.15, -0.1) is 11.3 Å². The average molecular weight is 319 g/mol. The van der Waals surface area contributed by atoms with Gasteiger partial charge in [0.05, 0.1) is 0 Å². The Labute approximate surface area is 141 Å². The Morgan fingerprint density at radius 1 is 1.17 bits per heavy atom. The van der Waals surface area contributed by atoms with Crippen molar-refractivity contribution >= 4 is 32.8 Å². The summed E-state index contributed by atoms with van der Waals surface area (Å²) in [4.78, 5) is 2.45. The summed E-state index contributed by atoms with van der Waals surface area (Å²) in [7, 11) is 0. The van der Waals surface area contributed by atoms with Crippen molar-refractivity contribution in [2.75, 3.05) is 4.90 Å². The third kappa shape index (κ3) is 2.29. The molecule has 2 heterocycles. The van der Waals surface area contributed by atoms with E-state index in [9.17, 15) is 0 Å². The second-order valence-corrected chi connectivity index (χ2v) is 7.12. The van der Waals surface area contributed by atoms with E-state index in [4.69, 9.17) is 0 Å². The highest BCUT2D eigenvalue weighted by atomic mass is 32.1. The minimum absolute atomic E-state index is 0.966. The van der Waals surface area contributed by atoms with Crippen molar-refractivity contribution in [1.82, 2.24) is 0 Å². The highest BCUT2D eigenvalue weighted by Gasteiger charge is 2.24. The number of nitrogens with zero attached hydrogens (tertiary/aromatic N) is 1. The predicted octanol–water partition coefficient (Wildman–Crippen LogP) is 6.15. The molecule has 2 aromatic carbocycles. The normalized spacial score (nSPS) is 15.6. The number of hydrogen-bond donors (Lipinski definition) is 0. The quantitative estimate of drug-likeness (QED) is 0.547. The summed E-state index contributed by atoms with van der Waals surface area (Å²) in [6.45, 7) is 7.53. The monoisotopic (exact) mass is 319 g/mol. The van der Waals surface area contributed by atoms with Crippen LogP contribution < -0.4 is 4.90 Å². The van der Waals surface area contributed by atoms with Crippen molar-refractivity contribution in [3.63, 3.8) is 0 Å². The Balaban J connectivity index is 1.81. The van der Waals surface area contributed by atoms with Gasteiger partial charge in [0.1, 0.15) is 0 Å². The van der Waals surface area contributed by atoms with E-state index in [-0.39, 0.29) is 0 Å². The molecule has 23 heavy (non-hydrogen) atoms. The minimum Gasteiger partial charge on any atom is -0.337 e. The topological polar surface area (TPSA) is 3.24 Å². The van der Waals surface area contributed by atoms with Crippen LogP contribution in [0.15, 0.2) is 47.9 Å². The first-order valence-electron chi connectivity index (χ1n) is 8.25. The highest BCUT2D eigenvalue weighted by Crippen LogP contribution is 2.39. The summed E-state index contributed by atoms with van der Waals surface area (Å²) in [5.41, 5.74) is 8.24. The fourth-order valence-corrected chi connectivity index (χ4v) is 4.40. The Kier molecular flexibility index (Phi) is 3.50. The van der Waals surface area contributed by atoms with Crippen molar-refractivity contribution < 1.29 is 0 Å². The average Bonchev–Trinajstić information content (AvgIpc) is 3.14. The molecule has 0 N–H and O–H groups in total. The number of rotatable bonds is 2. The summed E-state index contributed by atoms with van der Waals surface area (Å²) >= 11 is 1.83. The Morgan fingerprint density at radius 2 is 2.04 bits per heavy atom. The number of thiophene rings is 1. The molecule has 0 bridgehead atoms. The van der Waals surface area contributed by atoms with Gasteiger partial charge in [0, 0.05) is 28.2 Å². The lowest BCUT2D eigenvalue weighted by Gasteiger charge is -2.20. The van der Waals surface area contributed by atoms with Crippen LogP contribution in [0.2, 0.25) is 0 Å². The maximum absolute atomic E-state index is 2.45. The molecule has 2 heteroatoms. The van der Waals surface area contributed by atoms with Gasteiger partial charge in [0.25, 0.3) is 0 Å². The third-order valence-corrected chi connectivity index (χ3v) is 5.89. The van der Waals surface area contributed by atoms with E-state index in [2.05, 4.69) is 73.5 Å². The van der Waals surface area contributed by atoms with Gasteiger partial charge in [-0.25, -0.2) is 0 Å². The largest absolute Gasteiger partial charge is 0.337 e. The van der Waals surface area contributed by atoms with Crippen molar-refractivity contribution in [3.8, 4) is 0 Å². The first-order chi connectivity index (χ1) is 11.2. The smallest absolute Gasteiger partial charge is 0.0488 e. The Morgan fingerprint density at radius 3 is 2.83 bits per heavy atom. The molecule has 0 aliphatic carbocycles. The van der Waals surface area contributed by atoms with E-state index >= 15 is 0 Å². The molecular formula is C21H21NS. The summed E-state index contributed by atoms with van der Waals surface area (Å²) in [5, 5.41) is 3.63. The zero-order valence-electron chi connectivity index (χ0n) is 13.9. The molecule has 0 radical (unpaired) electrons. The molecule has 1 aliphatic heterocycles. The van der Waals surface area contributed by atoms with Crippen molar-refractivity contribution in [1.29, 1.82) is 0 Å². The maximum atomic E-state index is 2.45. The molecule has 116 valence electrons. The zero-order chi connectivity index (χ0) is 16.0. The SMILES string of the molecule is C/C=C1\c2cc(CC)ccc2CN1c1ccc2scc(C)c2c1. The second kappa shape index (κ2) is 5.54. The van der Waals surface area contributed by atoms with Crippen LogP contribution in [0.5, 0.6) is 0 Å². The summed E-state index contributed by atoms with van der Waals surface area (Å²) < 4.78 is 1.37. The first kappa shape index (κ1) is 14.5. The number of aryl methyl sites for hydroxylation is 2. The van der Waals surface area contributed by atoms with E-state index < -0.39 is 0 Å². The van der Waals surface area contributed by atoms with Crippen molar-refractivity contribution in [2.45, 2.75) is 33.7 Å². The molecule has 1 nitrogen and oxygen atoms in total. The molecule has 0 saturated heterocycles. The second-order valence-electron chi connectivity index (χ2n) is 6.20.